The van der Waals surface area contributed by atoms with Gasteiger partial charge in [0, 0.05) is 10.3 Å². The van der Waals surface area contributed by atoms with Crippen molar-refractivity contribution >= 4 is 11.3 Å². The van der Waals surface area contributed by atoms with Crippen LogP contribution < -0.4 is 0 Å². The van der Waals surface area contributed by atoms with Gasteiger partial charge in [-0.15, -0.1) is 11.3 Å². The number of aryl methyl sites for hydroxylation is 1. The second kappa shape index (κ2) is 3.94. The molecule has 0 nitrogen and oxygen atoms in total. The van der Waals surface area contributed by atoms with Crippen LogP contribution in [0.15, 0.2) is 30.3 Å². The molecule has 4 heteroatoms. The fourth-order valence-corrected chi connectivity index (χ4v) is 2.25. The van der Waals surface area contributed by atoms with E-state index < -0.39 is 11.7 Å². The summed E-state index contributed by atoms with van der Waals surface area (Å²) >= 11 is 1.41. The maximum atomic E-state index is 12.3. The molecule has 1 aromatic heterocycles. The van der Waals surface area contributed by atoms with Gasteiger partial charge < -0.3 is 0 Å². The second-order valence-electron chi connectivity index (χ2n) is 3.45. The van der Waals surface area contributed by atoms with Crippen molar-refractivity contribution in [2.75, 3.05) is 0 Å². The zero-order valence-corrected chi connectivity index (χ0v) is 9.25. The molecule has 2 rings (SSSR count). The van der Waals surface area contributed by atoms with E-state index in [-0.39, 0.29) is 0 Å². The highest BCUT2D eigenvalue weighted by Gasteiger charge is 2.29. The van der Waals surface area contributed by atoms with E-state index in [2.05, 4.69) is 5.38 Å². The van der Waals surface area contributed by atoms with Gasteiger partial charge >= 0.3 is 6.18 Å². The van der Waals surface area contributed by atoms with Crippen LogP contribution in [-0.2, 0) is 6.18 Å². The van der Waals surface area contributed by atoms with E-state index in [1.165, 1.54) is 23.5 Å². The second-order valence-corrected chi connectivity index (χ2v) is 4.30. The minimum atomic E-state index is -4.27. The largest absolute Gasteiger partial charge is 0.416 e. The van der Waals surface area contributed by atoms with Crippen molar-refractivity contribution < 1.29 is 13.2 Å². The van der Waals surface area contributed by atoms with Gasteiger partial charge in [-0.05, 0) is 36.2 Å². The number of rotatable bonds is 1. The Labute approximate surface area is 95.4 Å². The standard InChI is InChI=1S/C12H8F3S/c1-8-6-7-16-11(8)9-2-4-10(5-3-9)12(13,14)15/h2-6H,1H3. The lowest BCUT2D eigenvalue weighted by Gasteiger charge is -2.07. The molecule has 1 radical (unpaired) electrons. The van der Waals surface area contributed by atoms with Crippen LogP contribution >= 0.6 is 11.3 Å². The first-order chi connectivity index (χ1) is 7.48. The maximum Gasteiger partial charge on any atom is 0.416 e. The number of alkyl halides is 3. The maximum absolute atomic E-state index is 12.3. The smallest absolute Gasteiger partial charge is 0.166 e. The SMILES string of the molecule is Cc1c[c]sc1-c1ccc(C(F)(F)F)cc1. The monoisotopic (exact) mass is 241 g/mol. The number of benzene rings is 1. The van der Waals surface area contributed by atoms with E-state index in [1.54, 1.807) is 0 Å². The molecule has 83 valence electrons. The average molecular weight is 241 g/mol. The van der Waals surface area contributed by atoms with Crippen molar-refractivity contribution in [3.63, 3.8) is 0 Å². The van der Waals surface area contributed by atoms with Crippen LogP contribution in [0.5, 0.6) is 0 Å². The summed E-state index contributed by atoms with van der Waals surface area (Å²) in [6.45, 7) is 1.92. The lowest BCUT2D eigenvalue weighted by Crippen LogP contribution is -2.03. The predicted molar refractivity (Wildman–Crippen MR) is 58.3 cm³/mol. The summed E-state index contributed by atoms with van der Waals surface area (Å²) in [5.74, 6) is 0. The Balaban J connectivity index is 2.37. The molecule has 0 unspecified atom stereocenters. The van der Waals surface area contributed by atoms with Gasteiger partial charge in [0.05, 0.1) is 5.56 Å². The molecule has 1 aromatic carbocycles. The van der Waals surface area contributed by atoms with Crippen molar-refractivity contribution in [1.82, 2.24) is 0 Å². The molecule has 0 fully saturated rings. The van der Waals surface area contributed by atoms with Gasteiger partial charge in [-0.1, -0.05) is 12.1 Å². The average Bonchev–Trinajstić information content (AvgIpc) is 2.63. The van der Waals surface area contributed by atoms with Gasteiger partial charge in [0.15, 0.2) is 0 Å². The highest BCUT2D eigenvalue weighted by molar-refractivity contribution is 7.13. The third-order valence-corrected chi connectivity index (χ3v) is 3.27. The first-order valence-electron chi connectivity index (χ1n) is 4.62. The summed E-state index contributed by atoms with van der Waals surface area (Å²) in [6.07, 6.45) is -4.27. The molecule has 1 heterocycles. The van der Waals surface area contributed by atoms with Gasteiger partial charge in [0.25, 0.3) is 0 Å². The lowest BCUT2D eigenvalue weighted by molar-refractivity contribution is -0.137. The molecule has 0 aliphatic carbocycles. The van der Waals surface area contributed by atoms with Crippen LogP contribution in [0, 0.1) is 12.3 Å². The minimum Gasteiger partial charge on any atom is -0.166 e. The fraction of sp³-hybridized carbons (Fsp3) is 0.167. The Kier molecular flexibility index (Phi) is 2.76. The molecule has 0 spiro atoms. The third kappa shape index (κ3) is 2.11. The molecular formula is C12H8F3S. The molecule has 0 amide bonds. The number of hydrogen-bond acceptors (Lipinski definition) is 1. The Morgan fingerprint density at radius 2 is 1.75 bits per heavy atom. The quantitative estimate of drug-likeness (QED) is 0.687. The Morgan fingerprint density at radius 3 is 2.19 bits per heavy atom. The van der Waals surface area contributed by atoms with Crippen LogP contribution in [0.4, 0.5) is 13.2 Å². The van der Waals surface area contributed by atoms with E-state index in [1.807, 2.05) is 13.0 Å². The Bertz CT molecular complexity index is 480. The number of halogens is 3. The molecule has 0 atom stereocenters. The summed E-state index contributed by atoms with van der Waals surface area (Å²) in [6, 6.07) is 7.03. The highest BCUT2D eigenvalue weighted by atomic mass is 32.1. The molecule has 0 saturated heterocycles. The van der Waals surface area contributed by atoms with Gasteiger partial charge in [0.1, 0.15) is 0 Å². The van der Waals surface area contributed by atoms with E-state index in [4.69, 9.17) is 0 Å². The van der Waals surface area contributed by atoms with Crippen LogP contribution in [0.3, 0.4) is 0 Å². The fourth-order valence-electron chi connectivity index (χ4n) is 1.42. The summed E-state index contributed by atoms with van der Waals surface area (Å²) in [5.41, 5.74) is 1.22. The Morgan fingerprint density at radius 1 is 1.12 bits per heavy atom. The lowest BCUT2D eigenvalue weighted by atomic mass is 10.1. The van der Waals surface area contributed by atoms with Crippen LogP contribution in [0.1, 0.15) is 11.1 Å². The first-order valence-corrected chi connectivity index (χ1v) is 5.44. The third-order valence-electron chi connectivity index (χ3n) is 2.27. The van der Waals surface area contributed by atoms with Crippen molar-refractivity contribution in [2.45, 2.75) is 13.1 Å². The van der Waals surface area contributed by atoms with E-state index >= 15 is 0 Å². The molecule has 0 N–H and O–H groups in total. The van der Waals surface area contributed by atoms with Crippen LogP contribution in [0.2, 0.25) is 0 Å². The van der Waals surface area contributed by atoms with Crippen molar-refractivity contribution in [3.8, 4) is 10.4 Å². The van der Waals surface area contributed by atoms with Crippen LogP contribution in [0.25, 0.3) is 10.4 Å². The highest BCUT2D eigenvalue weighted by Crippen LogP contribution is 2.33. The number of thiophene rings is 1. The molecule has 0 aliphatic rings. The van der Waals surface area contributed by atoms with Gasteiger partial charge in [-0.2, -0.15) is 13.2 Å². The predicted octanol–water partition coefficient (Wildman–Crippen LogP) is 4.54. The van der Waals surface area contributed by atoms with Crippen LogP contribution in [-0.4, -0.2) is 0 Å². The van der Waals surface area contributed by atoms with Gasteiger partial charge in [-0.3, -0.25) is 0 Å². The molecule has 0 aliphatic heterocycles. The number of hydrogen-bond donors (Lipinski definition) is 0. The summed E-state index contributed by atoms with van der Waals surface area (Å²) < 4.78 is 37.0. The van der Waals surface area contributed by atoms with Gasteiger partial charge in [-0.25, -0.2) is 0 Å². The summed E-state index contributed by atoms with van der Waals surface area (Å²) in [4.78, 5) is 0.966. The zero-order chi connectivity index (χ0) is 11.8. The van der Waals surface area contributed by atoms with E-state index in [0.29, 0.717) is 0 Å². The summed E-state index contributed by atoms with van der Waals surface area (Å²) in [7, 11) is 0. The topological polar surface area (TPSA) is 0 Å². The summed E-state index contributed by atoms with van der Waals surface area (Å²) in [5, 5.41) is 2.96. The Hall–Kier alpha value is -1.29. The van der Waals surface area contributed by atoms with E-state index in [9.17, 15) is 13.2 Å². The molecule has 0 bridgehead atoms. The van der Waals surface area contributed by atoms with Crippen molar-refractivity contribution in [1.29, 1.82) is 0 Å². The van der Waals surface area contributed by atoms with Crippen molar-refractivity contribution in [3.05, 3.63) is 46.8 Å². The minimum absolute atomic E-state index is 0.616. The first kappa shape index (κ1) is 11.2. The molecule has 16 heavy (non-hydrogen) atoms. The molecular weight excluding hydrogens is 233 g/mol. The van der Waals surface area contributed by atoms with Gasteiger partial charge in [0.2, 0.25) is 0 Å². The van der Waals surface area contributed by atoms with Crippen molar-refractivity contribution in [2.24, 2.45) is 0 Å². The molecule has 0 saturated carbocycles. The zero-order valence-electron chi connectivity index (χ0n) is 8.43. The normalized spacial score (nSPS) is 11.8. The molecule has 2 aromatic rings. The van der Waals surface area contributed by atoms with E-state index in [0.717, 1.165) is 28.1 Å².